The summed E-state index contributed by atoms with van der Waals surface area (Å²) in [6, 6.07) is 1.59. The smallest absolute Gasteiger partial charge is 0.253 e. The molecule has 0 amide bonds. The van der Waals surface area contributed by atoms with E-state index >= 15 is 0 Å². The summed E-state index contributed by atoms with van der Waals surface area (Å²) < 4.78 is 1.75. The third-order valence-corrected chi connectivity index (χ3v) is 2.56. The van der Waals surface area contributed by atoms with Crippen molar-refractivity contribution < 1.29 is 0 Å². The Bertz CT molecular complexity index is 384. The van der Waals surface area contributed by atoms with Crippen LogP contribution >= 0.6 is 0 Å². The third-order valence-electron chi connectivity index (χ3n) is 2.56. The van der Waals surface area contributed by atoms with Crippen molar-refractivity contribution in [3.63, 3.8) is 0 Å². The van der Waals surface area contributed by atoms with Gasteiger partial charge in [0.15, 0.2) is 0 Å². The van der Waals surface area contributed by atoms with Crippen LogP contribution in [-0.4, -0.2) is 22.6 Å². The minimum Gasteiger partial charge on any atom is -0.317 e. The number of aromatic nitrogens is 2. The van der Waals surface area contributed by atoms with Crippen molar-refractivity contribution in [3.05, 3.63) is 27.9 Å². The van der Waals surface area contributed by atoms with E-state index in [1.807, 2.05) is 13.8 Å². The molecular weight excluding hydrogens is 202 g/mol. The van der Waals surface area contributed by atoms with Crippen molar-refractivity contribution in [1.29, 1.82) is 0 Å². The van der Waals surface area contributed by atoms with Crippen LogP contribution in [0.2, 0.25) is 0 Å². The topological polar surface area (TPSA) is 46.9 Å². The van der Waals surface area contributed by atoms with Gasteiger partial charge in [0.1, 0.15) is 5.82 Å². The fraction of sp³-hybridized carbons (Fsp3) is 0.667. The van der Waals surface area contributed by atoms with E-state index in [4.69, 9.17) is 0 Å². The standard InChI is InChI=1S/C12H21N3O/c1-4-13-7-5-6-8-15-11(3)14-10(2)9-12(15)16/h9,13H,4-8H2,1-3H3. The van der Waals surface area contributed by atoms with Crippen LogP contribution in [-0.2, 0) is 6.54 Å². The molecule has 1 aromatic heterocycles. The summed E-state index contributed by atoms with van der Waals surface area (Å²) in [6.07, 6.45) is 2.10. The van der Waals surface area contributed by atoms with Crippen molar-refractivity contribution in [1.82, 2.24) is 14.9 Å². The number of rotatable bonds is 6. The van der Waals surface area contributed by atoms with Crippen molar-refractivity contribution in [3.8, 4) is 0 Å². The van der Waals surface area contributed by atoms with E-state index in [1.165, 1.54) is 0 Å². The van der Waals surface area contributed by atoms with Crippen molar-refractivity contribution in [2.24, 2.45) is 0 Å². The Morgan fingerprint density at radius 2 is 2.12 bits per heavy atom. The van der Waals surface area contributed by atoms with Crippen molar-refractivity contribution in [2.45, 2.75) is 40.2 Å². The third kappa shape index (κ3) is 3.77. The van der Waals surface area contributed by atoms with Gasteiger partial charge in [-0.2, -0.15) is 0 Å². The Labute approximate surface area is 96.7 Å². The van der Waals surface area contributed by atoms with E-state index in [9.17, 15) is 4.79 Å². The molecule has 0 aliphatic heterocycles. The molecule has 0 fully saturated rings. The van der Waals surface area contributed by atoms with E-state index in [0.29, 0.717) is 0 Å². The summed E-state index contributed by atoms with van der Waals surface area (Å²) in [5.74, 6) is 0.813. The Hall–Kier alpha value is -1.16. The Morgan fingerprint density at radius 3 is 2.75 bits per heavy atom. The molecule has 0 saturated carbocycles. The van der Waals surface area contributed by atoms with Gasteiger partial charge in [0, 0.05) is 18.3 Å². The summed E-state index contributed by atoms with van der Waals surface area (Å²) >= 11 is 0. The average Bonchev–Trinajstić information content (AvgIpc) is 2.20. The molecule has 4 heteroatoms. The van der Waals surface area contributed by atoms with Gasteiger partial charge in [-0.3, -0.25) is 9.36 Å². The van der Waals surface area contributed by atoms with Crippen molar-refractivity contribution >= 4 is 0 Å². The lowest BCUT2D eigenvalue weighted by atomic mass is 10.3. The monoisotopic (exact) mass is 223 g/mol. The maximum Gasteiger partial charge on any atom is 0.253 e. The van der Waals surface area contributed by atoms with Crippen LogP contribution in [0, 0.1) is 13.8 Å². The molecule has 4 nitrogen and oxygen atoms in total. The van der Waals surface area contributed by atoms with Gasteiger partial charge in [0.05, 0.1) is 0 Å². The second-order valence-electron chi connectivity index (χ2n) is 4.00. The van der Waals surface area contributed by atoms with E-state index in [-0.39, 0.29) is 5.56 Å². The predicted molar refractivity (Wildman–Crippen MR) is 65.7 cm³/mol. The van der Waals surface area contributed by atoms with E-state index in [1.54, 1.807) is 10.6 Å². The summed E-state index contributed by atoms with van der Waals surface area (Å²) in [5, 5.41) is 3.27. The number of hydrogen-bond donors (Lipinski definition) is 1. The molecule has 0 unspecified atom stereocenters. The van der Waals surface area contributed by atoms with Gasteiger partial charge in [-0.05, 0) is 39.8 Å². The number of nitrogens with zero attached hydrogens (tertiary/aromatic N) is 2. The fourth-order valence-electron chi connectivity index (χ4n) is 1.73. The highest BCUT2D eigenvalue weighted by Gasteiger charge is 2.01. The van der Waals surface area contributed by atoms with Gasteiger partial charge < -0.3 is 5.32 Å². The lowest BCUT2D eigenvalue weighted by Gasteiger charge is -2.09. The van der Waals surface area contributed by atoms with Crippen LogP contribution in [0.1, 0.15) is 31.3 Å². The number of aryl methyl sites for hydroxylation is 2. The Balaban J connectivity index is 2.51. The average molecular weight is 223 g/mol. The molecule has 90 valence electrons. The van der Waals surface area contributed by atoms with Gasteiger partial charge in [-0.15, -0.1) is 0 Å². The molecule has 0 radical (unpaired) electrons. The van der Waals surface area contributed by atoms with E-state index in [0.717, 1.165) is 44.0 Å². The first-order valence-corrected chi connectivity index (χ1v) is 5.91. The lowest BCUT2D eigenvalue weighted by molar-refractivity contribution is 0.548. The van der Waals surface area contributed by atoms with Crippen LogP contribution in [0.15, 0.2) is 10.9 Å². The molecule has 16 heavy (non-hydrogen) atoms. The van der Waals surface area contributed by atoms with Crippen LogP contribution in [0.4, 0.5) is 0 Å². The first-order chi connectivity index (χ1) is 7.65. The van der Waals surface area contributed by atoms with Gasteiger partial charge in [-0.25, -0.2) is 4.98 Å². The minimum absolute atomic E-state index is 0.0634. The number of nitrogens with one attached hydrogen (secondary N) is 1. The first-order valence-electron chi connectivity index (χ1n) is 5.91. The molecule has 1 N–H and O–H groups in total. The Morgan fingerprint density at radius 1 is 1.38 bits per heavy atom. The Kier molecular flexibility index (Phi) is 5.19. The summed E-state index contributed by atoms with van der Waals surface area (Å²) in [7, 11) is 0. The molecule has 1 aromatic rings. The zero-order chi connectivity index (χ0) is 12.0. The fourth-order valence-corrected chi connectivity index (χ4v) is 1.73. The lowest BCUT2D eigenvalue weighted by Crippen LogP contribution is -2.24. The molecule has 1 heterocycles. The van der Waals surface area contributed by atoms with Gasteiger partial charge in [0.25, 0.3) is 5.56 Å². The van der Waals surface area contributed by atoms with Crippen LogP contribution in [0.5, 0.6) is 0 Å². The van der Waals surface area contributed by atoms with Gasteiger partial charge >= 0.3 is 0 Å². The number of hydrogen-bond acceptors (Lipinski definition) is 3. The first kappa shape index (κ1) is 12.9. The van der Waals surface area contributed by atoms with Gasteiger partial charge in [-0.1, -0.05) is 6.92 Å². The second kappa shape index (κ2) is 6.43. The second-order valence-corrected chi connectivity index (χ2v) is 4.00. The zero-order valence-electron chi connectivity index (χ0n) is 10.4. The molecule has 0 saturated heterocycles. The maximum atomic E-state index is 11.7. The maximum absolute atomic E-state index is 11.7. The van der Waals surface area contributed by atoms with Crippen molar-refractivity contribution in [2.75, 3.05) is 13.1 Å². The highest BCUT2D eigenvalue weighted by molar-refractivity contribution is 5.01. The van der Waals surface area contributed by atoms with Crippen LogP contribution < -0.4 is 10.9 Å². The summed E-state index contributed by atoms with van der Waals surface area (Å²) in [5.41, 5.74) is 0.861. The molecule has 0 aromatic carbocycles. The van der Waals surface area contributed by atoms with E-state index in [2.05, 4.69) is 17.2 Å². The number of unbranched alkanes of at least 4 members (excludes halogenated alkanes) is 1. The zero-order valence-corrected chi connectivity index (χ0v) is 10.4. The molecule has 0 aliphatic carbocycles. The molecule has 1 rings (SSSR count). The SMILES string of the molecule is CCNCCCCn1c(C)nc(C)cc1=O. The minimum atomic E-state index is 0.0634. The largest absolute Gasteiger partial charge is 0.317 e. The quantitative estimate of drug-likeness (QED) is 0.738. The predicted octanol–water partition coefficient (Wildman–Crippen LogP) is 1.25. The highest BCUT2D eigenvalue weighted by Crippen LogP contribution is 1.97. The highest BCUT2D eigenvalue weighted by atomic mass is 16.1. The molecule has 0 bridgehead atoms. The molecule has 0 atom stereocenters. The molecular formula is C12H21N3O. The van der Waals surface area contributed by atoms with Gasteiger partial charge in [0.2, 0.25) is 0 Å². The van der Waals surface area contributed by atoms with Crippen LogP contribution in [0.3, 0.4) is 0 Å². The van der Waals surface area contributed by atoms with E-state index < -0.39 is 0 Å². The molecule has 0 spiro atoms. The molecule has 0 aliphatic rings. The summed E-state index contributed by atoms with van der Waals surface area (Å²) in [6.45, 7) is 8.62. The normalized spacial score (nSPS) is 10.7. The summed E-state index contributed by atoms with van der Waals surface area (Å²) in [4.78, 5) is 16.0. The van der Waals surface area contributed by atoms with Crippen LogP contribution in [0.25, 0.3) is 0 Å².